The van der Waals surface area contributed by atoms with Crippen LogP contribution in [0.1, 0.15) is 24.5 Å². The summed E-state index contributed by atoms with van der Waals surface area (Å²) in [7, 11) is -2.97. The summed E-state index contributed by atoms with van der Waals surface area (Å²) in [5.74, 6) is 0.411. The second kappa shape index (κ2) is 6.77. The first-order valence-electron chi connectivity index (χ1n) is 6.00. The first-order valence-corrected chi connectivity index (χ1v) is 7.82. The number of hydrogen-bond acceptors (Lipinski definition) is 3. The topological polar surface area (TPSA) is 46.2 Å². The van der Waals surface area contributed by atoms with Crippen LogP contribution >= 0.6 is 0 Å². The van der Waals surface area contributed by atoms with Gasteiger partial charge in [-0.3, -0.25) is 0 Å². The van der Waals surface area contributed by atoms with E-state index in [1.807, 2.05) is 38.1 Å². The SMILES string of the molecule is CCNCCCS(=O)(=O)Cc1cccc(C)c1. The van der Waals surface area contributed by atoms with E-state index in [-0.39, 0.29) is 11.5 Å². The molecule has 0 saturated heterocycles. The fourth-order valence-electron chi connectivity index (χ4n) is 1.72. The van der Waals surface area contributed by atoms with Gasteiger partial charge in [0.2, 0.25) is 0 Å². The van der Waals surface area contributed by atoms with Crippen molar-refractivity contribution < 1.29 is 8.42 Å². The average molecular weight is 255 g/mol. The summed E-state index contributed by atoms with van der Waals surface area (Å²) >= 11 is 0. The van der Waals surface area contributed by atoms with Crippen LogP contribution < -0.4 is 5.32 Å². The zero-order valence-corrected chi connectivity index (χ0v) is 11.4. The lowest BCUT2D eigenvalue weighted by molar-refractivity contribution is 0.589. The Morgan fingerprint density at radius 2 is 2.06 bits per heavy atom. The van der Waals surface area contributed by atoms with Gasteiger partial charge in [0.25, 0.3) is 0 Å². The molecule has 0 aromatic heterocycles. The van der Waals surface area contributed by atoms with Crippen LogP contribution in [0.15, 0.2) is 24.3 Å². The molecule has 1 N–H and O–H groups in total. The molecule has 0 bridgehead atoms. The van der Waals surface area contributed by atoms with Gasteiger partial charge in [-0.1, -0.05) is 36.8 Å². The lowest BCUT2D eigenvalue weighted by Gasteiger charge is -2.05. The lowest BCUT2D eigenvalue weighted by atomic mass is 10.2. The number of nitrogens with one attached hydrogen (secondary N) is 1. The molecule has 0 radical (unpaired) electrons. The van der Waals surface area contributed by atoms with E-state index >= 15 is 0 Å². The first kappa shape index (κ1) is 14.2. The van der Waals surface area contributed by atoms with E-state index in [0.717, 1.165) is 24.2 Å². The van der Waals surface area contributed by atoms with Crippen molar-refractivity contribution in [2.75, 3.05) is 18.8 Å². The first-order chi connectivity index (χ1) is 8.03. The highest BCUT2D eigenvalue weighted by atomic mass is 32.2. The van der Waals surface area contributed by atoms with E-state index in [0.29, 0.717) is 6.42 Å². The fraction of sp³-hybridized carbons (Fsp3) is 0.538. The molecule has 0 atom stereocenters. The molecule has 1 aromatic rings. The number of sulfone groups is 1. The van der Waals surface area contributed by atoms with Gasteiger partial charge in [0.05, 0.1) is 11.5 Å². The Balaban J connectivity index is 2.49. The molecule has 0 spiro atoms. The summed E-state index contributed by atoms with van der Waals surface area (Å²) in [5.41, 5.74) is 1.99. The van der Waals surface area contributed by atoms with Crippen LogP contribution in [0, 0.1) is 6.92 Å². The molecule has 0 aliphatic heterocycles. The predicted molar refractivity (Wildman–Crippen MR) is 71.8 cm³/mol. The Morgan fingerprint density at radius 3 is 2.71 bits per heavy atom. The molecule has 0 unspecified atom stereocenters. The maximum absolute atomic E-state index is 11.8. The van der Waals surface area contributed by atoms with Gasteiger partial charge in [0, 0.05) is 0 Å². The summed E-state index contributed by atoms with van der Waals surface area (Å²) in [6.07, 6.45) is 0.683. The molecular formula is C13H21NO2S. The summed E-state index contributed by atoms with van der Waals surface area (Å²) in [6, 6.07) is 7.68. The van der Waals surface area contributed by atoms with Crippen LogP contribution in [-0.2, 0) is 15.6 Å². The van der Waals surface area contributed by atoms with Gasteiger partial charge in [-0.15, -0.1) is 0 Å². The Kier molecular flexibility index (Phi) is 5.65. The van der Waals surface area contributed by atoms with Gasteiger partial charge in [-0.05, 0) is 32.0 Å². The van der Waals surface area contributed by atoms with Crippen molar-refractivity contribution in [2.24, 2.45) is 0 Å². The minimum Gasteiger partial charge on any atom is -0.317 e. The molecule has 0 amide bonds. The molecule has 4 heteroatoms. The average Bonchev–Trinajstić information content (AvgIpc) is 2.24. The van der Waals surface area contributed by atoms with Gasteiger partial charge >= 0.3 is 0 Å². The van der Waals surface area contributed by atoms with E-state index < -0.39 is 9.84 Å². The molecule has 3 nitrogen and oxygen atoms in total. The third-order valence-corrected chi connectivity index (χ3v) is 4.21. The minimum atomic E-state index is -2.97. The van der Waals surface area contributed by atoms with Crippen molar-refractivity contribution in [1.29, 1.82) is 0 Å². The van der Waals surface area contributed by atoms with Crippen LogP contribution in [-0.4, -0.2) is 27.3 Å². The Hall–Kier alpha value is -0.870. The molecule has 96 valence electrons. The van der Waals surface area contributed by atoms with Crippen molar-refractivity contribution >= 4 is 9.84 Å². The van der Waals surface area contributed by atoms with Crippen molar-refractivity contribution in [1.82, 2.24) is 5.32 Å². The van der Waals surface area contributed by atoms with Crippen LogP contribution in [0.2, 0.25) is 0 Å². The largest absolute Gasteiger partial charge is 0.317 e. The Morgan fingerprint density at radius 1 is 1.29 bits per heavy atom. The van der Waals surface area contributed by atoms with Crippen LogP contribution in [0.4, 0.5) is 0 Å². The highest BCUT2D eigenvalue weighted by Crippen LogP contribution is 2.09. The van der Waals surface area contributed by atoms with Crippen LogP contribution in [0.25, 0.3) is 0 Å². The molecular weight excluding hydrogens is 234 g/mol. The standard InChI is InChI=1S/C13H21NO2S/c1-3-14-8-5-9-17(15,16)11-13-7-4-6-12(2)10-13/h4,6-7,10,14H,3,5,8-9,11H2,1-2H3. The zero-order chi connectivity index (χ0) is 12.7. The third-order valence-electron chi connectivity index (χ3n) is 2.53. The second-order valence-electron chi connectivity index (χ2n) is 4.29. The quantitative estimate of drug-likeness (QED) is 0.757. The smallest absolute Gasteiger partial charge is 0.154 e. The van der Waals surface area contributed by atoms with Crippen molar-refractivity contribution in [3.05, 3.63) is 35.4 Å². The van der Waals surface area contributed by atoms with E-state index in [1.165, 1.54) is 0 Å². The van der Waals surface area contributed by atoms with Gasteiger partial charge in [0.1, 0.15) is 0 Å². The molecule has 0 heterocycles. The maximum atomic E-state index is 11.8. The summed E-state index contributed by atoms with van der Waals surface area (Å²) in [5, 5.41) is 3.13. The van der Waals surface area contributed by atoms with E-state index in [9.17, 15) is 8.42 Å². The fourth-order valence-corrected chi connectivity index (χ4v) is 3.14. The molecule has 0 saturated carbocycles. The highest BCUT2D eigenvalue weighted by molar-refractivity contribution is 7.90. The summed E-state index contributed by atoms with van der Waals surface area (Å²) in [4.78, 5) is 0. The Labute approximate surface area is 104 Å². The molecule has 0 aliphatic rings. The molecule has 1 rings (SSSR count). The Bertz CT molecular complexity index is 440. The van der Waals surface area contributed by atoms with Gasteiger partial charge < -0.3 is 5.32 Å². The highest BCUT2D eigenvalue weighted by Gasteiger charge is 2.11. The molecule has 1 aromatic carbocycles. The molecule has 17 heavy (non-hydrogen) atoms. The third kappa shape index (κ3) is 5.84. The van der Waals surface area contributed by atoms with Crippen molar-refractivity contribution in [3.8, 4) is 0 Å². The molecule has 0 fully saturated rings. The second-order valence-corrected chi connectivity index (χ2v) is 6.47. The number of benzene rings is 1. The number of hydrogen-bond donors (Lipinski definition) is 1. The summed E-state index contributed by atoms with van der Waals surface area (Å²) in [6.45, 7) is 5.64. The van der Waals surface area contributed by atoms with E-state index in [2.05, 4.69) is 5.32 Å². The lowest BCUT2D eigenvalue weighted by Crippen LogP contribution is -2.18. The zero-order valence-electron chi connectivity index (χ0n) is 10.6. The minimum absolute atomic E-state index is 0.154. The number of aryl methyl sites for hydroxylation is 1. The van der Waals surface area contributed by atoms with E-state index in [4.69, 9.17) is 0 Å². The van der Waals surface area contributed by atoms with Gasteiger partial charge in [-0.25, -0.2) is 8.42 Å². The van der Waals surface area contributed by atoms with Crippen LogP contribution in [0.5, 0.6) is 0 Å². The van der Waals surface area contributed by atoms with Gasteiger partial charge in [-0.2, -0.15) is 0 Å². The maximum Gasteiger partial charge on any atom is 0.154 e. The normalized spacial score (nSPS) is 11.6. The van der Waals surface area contributed by atoms with Crippen molar-refractivity contribution in [3.63, 3.8) is 0 Å². The van der Waals surface area contributed by atoms with Crippen molar-refractivity contribution in [2.45, 2.75) is 26.0 Å². The number of rotatable bonds is 7. The van der Waals surface area contributed by atoms with Crippen LogP contribution in [0.3, 0.4) is 0 Å². The van der Waals surface area contributed by atoms with E-state index in [1.54, 1.807) is 0 Å². The summed E-state index contributed by atoms with van der Waals surface area (Å²) < 4.78 is 23.7. The predicted octanol–water partition coefficient (Wildman–Crippen LogP) is 1.91. The molecule has 0 aliphatic carbocycles. The van der Waals surface area contributed by atoms with Gasteiger partial charge in [0.15, 0.2) is 9.84 Å². The monoisotopic (exact) mass is 255 g/mol.